The molecule has 1 aromatic rings. The quantitative estimate of drug-likeness (QED) is 0.689. The summed E-state index contributed by atoms with van der Waals surface area (Å²) in [5.74, 6) is -1.12. The molecule has 102 valence electrons. The van der Waals surface area contributed by atoms with Crippen LogP contribution in [0.2, 0.25) is 0 Å². The largest absolute Gasteiger partial charge is 0.395 e. The number of anilines is 2. The Morgan fingerprint density at radius 2 is 2.26 bits per heavy atom. The van der Waals surface area contributed by atoms with Crippen LogP contribution in [0, 0.1) is 5.82 Å². The molecule has 1 aliphatic rings. The summed E-state index contributed by atoms with van der Waals surface area (Å²) >= 11 is 0. The fourth-order valence-corrected chi connectivity index (χ4v) is 2.08. The van der Waals surface area contributed by atoms with E-state index >= 15 is 0 Å². The third-order valence-corrected chi connectivity index (χ3v) is 2.98. The highest BCUT2D eigenvalue weighted by molar-refractivity contribution is 6.02. The number of benzene rings is 1. The van der Waals surface area contributed by atoms with E-state index in [4.69, 9.17) is 5.11 Å². The van der Waals surface area contributed by atoms with Crippen LogP contribution < -0.4 is 10.2 Å². The Balaban J connectivity index is 2.40. The predicted octanol–water partition coefficient (Wildman–Crippen LogP) is 0.796. The number of halogens is 1. The number of carbonyl (C=O) groups is 1. The second kappa shape index (κ2) is 5.38. The fourth-order valence-electron chi connectivity index (χ4n) is 2.08. The molecule has 19 heavy (non-hydrogen) atoms. The van der Waals surface area contributed by atoms with Crippen molar-refractivity contribution in [1.82, 2.24) is 0 Å². The molecule has 5 nitrogen and oxygen atoms in total. The average Bonchev–Trinajstić information content (AvgIpc) is 2.64. The lowest BCUT2D eigenvalue weighted by molar-refractivity contribution is -0.123. The predicted molar refractivity (Wildman–Crippen MR) is 69.5 cm³/mol. The van der Waals surface area contributed by atoms with Crippen LogP contribution in [0.3, 0.4) is 0 Å². The Hall–Kier alpha value is -1.92. The van der Waals surface area contributed by atoms with Crippen LogP contribution in [-0.4, -0.2) is 35.8 Å². The molecule has 0 fully saturated rings. The Morgan fingerprint density at radius 3 is 2.89 bits per heavy atom. The zero-order valence-corrected chi connectivity index (χ0v) is 10.3. The molecule has 0 spiro atoms. The number of nitrogens with one attached hydrogen (secondary N) is 1. The van der Waals surface area contributed by atoms with Crippen LogP contribution in [-0.2, 0) is 4.79 Å². The summed E-state index contributed by atoms with van der Waals surface area (Å²) in [6.07, 6.45) is 0.264. The van der Waals surface area contributed by atoms with Crippen LogP contribution in [0.15, 0.2) is 24.8 Å². The number of hydrogen-bond acceptors (Lipinski definition) is 4. The fraction of sp³-hybridized carbons (Fsp3) is 0.308. The first kappa shape index (κ1) is 13.5. The molecule has 0 bridgehead atoms. The summed E-state index contributed by atoms with van der Waals surface area (Å²) in [4.78, 5) is 12.9. The molecule has 1 aromatic carbocycles. The van der Waals surface area contributed by atoms with Gasteiger partial charge in [-0.3, -0.25) is 4.79 Å². The van der Waals surface area contributed by atoms with Crippen molar-refractivity contribution in [1.29, 1.82) is 0 Å². The van der Waals surface area contributed by atoms with E-state index in [0.29, 0.717) is 12.2 Å². The minimum absolute atomic E-state index is 0.126. The van der Waals surface area contributed by atoms with Gasteiger partial charge in [-0.05, 0) is 12.1 Å². The van der Waals surface area contributed by atoms with Gasteiger partial charge in [0.25, 0.3) is 5.91 Å². The standard InChI is InChI=1S/C13H15FN2O3/c1-2-3-16(4-5-17)11-7-10-8(6-9(11)14)12(18)13(19)15-10/h2,6-7,12,17-18H,1,3-5H2,(H,15,19). The Kier molecular flexibility index (Phi) is 3.82. The van der Waals surface area contributed by atoms with Gasteiger partial charge in [0.05, 0.1) is 12.3 Å². The summed E-state index contributed by atoms with van der Waals surface area (Å²) in [5, 5.41) is 21.0. The normalized spacial score (nSPS) is 17.0. The number of hydrogen-bond donors (Lipinski definition) is 3. The van der Waals surface area contributed by atoms with Gasteiger partial charge in [-0.1, -0.05) is 6.08 Å². The topological polar surface area (TPSA) is 72.8 Å². The van der Waals surface area contributed by atoms with Crippen LogP contribution in [0.1, 0.15) is 11.7 Å². The van der Waals surface area contributed by atoms with E-state index in [-0.39, 0.29) is 24.4 Å². The van der Waals surface area contributed by atoms with E-state index in [1.807, 2.05) is 0 Å². The van der Waals surface area contributed by atoms with E-state index in [1.165, 1.54) is 6.07 Å². The SMILES string of the molecule is C=CCN(CCO)c1cc2c(cc1F)C(O)C(=O)N2. The molecule has 0 aliphatic carbocycles. The first-order valence-corrected chi connectivity index (χ1v) is 5.87. The summed E-state index contributed by atoms with van der Waals surface area (Å²) in [5.41, 5.74) is 0.872. The van der Waals surface area contributed by atoms with Crippen molar-refractivity contribution in [2.24, 2.45) is 0 Å². The molecule has 2 rings (SSSR count). The van der Waals surface area contributed by atoms with Crippen molar-refractivity contribution in [3.8, 4) is 0 Å². The zero-order chi connectivity index (χ0) is 14.0. The van der Waals surface area contributed by atoms with Gasteiger partial charge in [-0.25, -0.2) is 4.39 Å². The molecule has 0 radical (unpaired) electrons. The third-order valence-electron chi connectivity index (χ3n) is 2.98. The number of fused-ring (bicyclic) bond motifs is 1. The van der Waals surface area contributed by atoms with Crippen molar-refractivity contribution in [3.05, 3.63) is 36.2 Å². The van der Waals surface area contributed by atoms with Gasteiger partial charge in [0.1, 0.15) is 5.82 Å². The maximum atomic E-state index is 14.0. The highest BCUT2D eigenvalue weighted by Crippen LogP contribution is 2.35. The Morgan fingerprint density at radius 1 is 1.53 bits per heavy atom. The lowest BCUT2D eigenvalue weighted by Crippen LogP contribution is -2.27. The van der Waals surface area contributed by atoms with E-state index in [0.717, 1.165) is 6.07 Å². The summed E-state index contributed by atoms with van der Waals surface area (Å²) in [6.45, 7) is 4.07. The second-order valence-electron chi connectivity index (χ2n) is 4.24. The smallest absolute Gasteiger partial charge is 0.257 e. The van der Waals surface area contributed by atoms with E-state index < -0.39 is 17.8 Å². The number of aliphatic hydroxyl groups is 2. The van der Waals surface area contributed by atoms with Crippen molar-refractivity contribution in [2.45, 2.75) is 6.10 Å². The molecule has 1 atom stereocenters. The molecule has 6 heteroatoms. The van der Waals surface area contributed by atoms with Gasteiger partial charge < -0.3 is 20.4 Å². The van der Waals surface area contributed by atoms with Crippen LogP contribution in [0.5, 0.6) is 0 Å². The maximum Gasteiger partial charge on any atom is 0.257 e. The van der Waals surface area contributed by atoms with Crippen molar-refractivity contribution in [2.75, 3.05) is 29.9 Å². The lowest BCUT2D eigenvalue weighted by Gasteiger charge is -2.23. The van der Waals surface area contributed by atoms with E-state index in [2.05, 4.69) is 11.9 Å². The highest BCUT2D eigenvalue weighted by atomic mass is 19.1. The molecule has 1 unspecified atom stereocenters. The molecular weight excluding hydrogens is 251 g/mol. The second-order valence-corrected chi connectivity index (χ2v) is 4.24. The zero-order valence-electron chi connectivity index (χ0n) is 10.3. The number of rotatable bonds is 5. The Labute approximate surface area is 110 Å². The first-order valence-electron chi connectivity index (χ1n) is 5.87. The van der Waals surface area contributed by atoms with Gasteiger partial charge >= 0.3 is 0 Å². The van der Waals surface area contributed by atoms with E-state index in [9.17, 15) is 14.3 Å². The van der Waals surface area contributed by atoms with Crippen molar-refractivity contribution < 1.29 is 19.4 Å². The molecule has 0 aromatic heterocycles. The van der Waals surface area contributed by atoms with Crippen molar-refractivity contribution in [3.63, 3.8) is 0 Å². The van der Waals surface area contributed by atoms with Gasteiger partial charge in [0, 0.05) is 24.3 Å². The van der Waals surface area contributed by atoms with Gasteiger partial charge in [0.2, 0.25) is 0 Å². The minimum Gasteiger partial charge on any atom is -0.395 e. The number of nitrogens with zero attached hydrogens (tertiary/aromatic N) is 1. The monoisotopic (exact) mass is 266 g/mol. The molecule has 1 amide bonds. The molecule has 0 saturated carbocycles. The number of aliphatic hydroxyl groups excluding tert-OH is 2. The highest BCUT2D eigenvalue weighted by Gasteiger charge is 2.30. The van der Waals surface area contributed by atoms with Gasteiger partial charge in [0.15, 0.2) is 6.10 Å². The van der Waals surface area contributed by atoms with E-state index in [1.54, 1.807) is 11.0 Å². The third kappa shape index (κ3) is 2.45. The number of carbonyl (C=O) groups excluding carboxylic acids is 1. The average molecular weight is 266 g/mol. The number of amides is 1. The lowest BCUT2D eigenvalue weighted by atomic mass is 10.1. The first-order chi connectivity index (χ1) is 9.08. The van der Waals surface area contributed by atoms with Crippen LogP contribution >= 0.6 is 0 Å². The molecule has 1 aliphatic heterocycles. The maximum absolute atomic E-state index is 14.0. The molecular formula is C13H15FN2O3. The summed E-state index contributed by atoms with van der Waals surface area (Å²) < 4.78 is 14.0. The van der Waals surface area contributed by atoms with Crippen LogP contribution in [0.4, 0.5) is 15.8 Å². The Bertz CT molecular complexity index is 519. The molecule has 1 heterocycles. The van der Waals surface area contributed by atoms with Crippen LogP contribution in [0.25, 0.3) is 0 Å². The molecule has 3 N–H and O–H groups in total. The van der Waals surface area contributed by atoms with Crippen molar-refractivity contribution >= 4 is 17.3 Å². The summed E-state index contributed by atoms with van der Waals surface area (Å²) in [7, 11) is 0. The minimum atomic E-state index is -1.33. The molecule has 0 saturated heterocycles. The van der Waals surface area contributed by atoms with Gasteiger partial charge in [-0.15, -0.1) is 6.58 Å². The van der Waals surface area contributed by atoms with Gasteiger partial charge in [-0.2, -0.15) is 0 Å². The summed E-state index contributed by atoms with van der Waals surface area (Å²) in [6, 6.07) is 2.60.